The number of H-pyrrole nitrogens is 1. The number of nitrogens with one attached hydrogen (secondary N) is 1. The Bertz CT molecular complexity index is 773. The van der Waals surface area contributed by atoms with Gasteiger partial charge in [0.05, 0.1) is 9.82 Å². The van der Waals surface area contributed by atoms with Crippen LogP contribution in [0.4, 0.5) is 5.69 Å². The summed E-state index contributed by atoms with van der Waals surface area (Å²) in [6.45, 7) is 0. The number of oxime groups is 1. The number of aromatic nitrogens is 2. The second-order valence-corrected chi connectivity index (χ2v) is 4.80. The molecule has 1 aromatic heterocycles. The smallest absolute Gasteiger partial charge is 0.284 e. The first-order valence-electron chi connectivity index (χ1n) is 5.51. The molecule has 0 atom stereocenters. The van der Waals surface area contributed by atoms with E-state index in [2.05, 4.69) is 15.1 Å². The lowest BCUT2D eigenvalue weighted by Gasteiger charge is -2.04. The maximum absolute atomic E-state index is 11.2. The van der Waals surface area contributed by atoms with Gasteiger partial charge in [0.2, 0.25) is 0 Å². The number of nitrogens with zero attached hydrogens (tertiary/aromatic N) is 3. The van der Waals surface area contributed by atoms with Crippen molar-refractivity contribution in [1.29, 1.82) is 0 Å². The third-order valence-electron chi connectivity index (χ3n) is 2.41. The van der Waals surface area contributed by atoms with Gasteiger partial charge in [-0.05, 0) is 23.9 Å². The molecule has 10 heteroatoms. The lowest BCUT2D eigenvalue weighted by atomic mass is 10.2. The zero-order chi connectivity index (χ0) is 15.4. The Kier molecular flexibility index (Phi) is 4.18. The highest BCUT2D eigenvalue weighted by atomic mass is 32.2. The average Bonchev–Trinajstić information content (AvgIpc) is 2.46. The molecule has 4 N–H and O–H groups in total. The average molecular weight is 307 g/mol. The maximum Gasteiger partial charge on any atom is 0.284 e. The highest BCUT2D eigenvalue weighted by molar-refractivity contribution is 7.99. The van der Waals surface area contributed by atoms with E-state index in [0.29, 0.717) is 0 Å². The van der Waals surface area contributed by atoms with E-state index in [1.165, 1.54) is 30.5 Å². The van der Waals surface area contributed by atoms with Crippen LogP contribution in [0.5, 0.6) is 0 Å². The van der Waals surface area contributed by atoms with E-state index >= 15 is 0 Å². The quantitative estimate of drug-likeness (QED) is 0.190. The Balaban J connectivity index is 2.44. The lowest BCUT2D eigenvalue weighted by Crippen LogP contribution is -2.13. The topological polar surface area (TPSA) is 148 Å². The summed E-state index contributed by atoms with van der Waals surface area (Å²) in [7, 11) is 0. The Morgan fingerprint density at radius 2 is 2.24 bits per heavy atom. The zero-order valence-electron chi connectivity index (χ0n) is 10.4. The van der Waals surface area contributed by atoms with E-state index in [1.54, 1.807) is 0 Å². The largest absolute Gasteiger partial charge is 0.409 e. The van der Waals surface area contributed by atoms with Crippen LogP contribution in [0.3, 0.4) is 0 Å². The highest BCUT2D eigenvalue weighted by Crippen LogP contribution is 2.33. The van der Waals surface area contributed by atoms with Gasteiger partial charge in [0.1, 0.15) is 0 Å². The first-order chi connectivity index (χ1) is 10.0. The van der Waals surface area contributed by atoms with E-state index in [-0.39, 0.29) is 32.7 Å². The molecule has 2 aromatic rings. The Morgan fingerprint density at radius 3 is 2.86 bits per heavy atom. The molecule has 1 aromatic carbocycles. The molecule has 1 heterocycles. The number of nitro groups is 1. The molecule has 9 nitrogen and oxygen atoms in total. The Morgan fingerprint density at radius 1 is 1.48 bits per heavy atom. The van der Waals surface area contributed by atoms with E-state index < -0.39 is 4.92 Å². The highest BCUT2D eigenvalue weighted by Gasteiger charge is 2.18. The van der Waals surface area contributed by atoms with Gasteiger partial charge in [0, 0.05) is 23.9 Å². The number of rotatable bonds is 4. The van der Waals surface area contributed by atoms with Crippen LogP contribution in [0.15, 0.2) is 50.5 Å². The van der Waals surface area contributed by atoms with Gasteiger partial charge in [-0.1, -0.05) is 5.16 Å². The third-order valence-corrected chi connectivity index (χ3v) is 3.38. The number of benzene rings is 1. The summed E-state index contributed by atoms with van der Waals surface area (Å²) in [4.78, 5) is 28.3. The standard InChI is InChI=1S/C11H9N5O4S/c12-10(15-18)6-1-2-8(7(5-6)16(19)20)21-11-13-4-3-9(17)14-11/h1-5,18H,(H2,12,15)(H,13,14,17). The summed E-state index contributed by atoms with van der Waals surface area (Å²) in [5.41, 5.74) is 5.01. The lowest BCUT2D eigenvalue weighted by molar-refractivity contribution is -0.387. The normalized spacial score (nSPS) is 11.3. The minimum atomic E-state index is -0.600. The molecule has 0 aliphatic rings. The summed E-state index contributed by atoms with van der Waals surface area (Å²) in [6, 6.07) is 5.31. The van der Waals surface area contributed by atoms with Crippen molar-refractivity contribution in [2.75, 3.05) is 0 Å². The molecule has 0 bridgehead atoms. The van der Waals surface area contributed by atoms with Gasteiger partial charge in [-0.2, -0.15) is 0 Å². The monoisotopic (exact) mass is 307 g/mol. The molecular formula is C11H9N5O4S. The fraction of sp³-hybridized carbons (Fsp3) is 0. The number of aromatic amines is 1. The minimum Gasteiger partial charge on any atom is -0.409 e. The van der Waals surface area contributed by atoms with Crippen molar-refractivity contribution < 1.29 is 10.1 Å². The SMILES string of the molecule is NC(=NO)c1ccc(Sc2nccc(=O)[nH]2)c([N+](=O)[O-])c1. The van der Waals surface area contributed by atoms with Crippen molar-refractivity contribution in [2.24, 2.45) is 10.9 Å². The van der Waals surface area contributed by atoms with Crippen molar-refractivity contribution in [3.8, 4) is 0 Å². The molecule has 0 fully saturated rings. The predicted octanol–water partition coefficient (Wildman–Crippen LogP) is 0.924. The Hall–Kier alpha value is -2.88. The molecule has 0 amide bonds. The predicted molar refractivity (Wildman–Crippen MR) is 74.6 cm³/mol. The second-order valence-electron chi connectivity index (χ2n) is 3.77. The summed E-state index contributed by atoms with van der Waals surface area (Å²) in [5, 5.41) is 22.7. The molecule has 2 rings (SSSR count). The van der Waals surface area contributed by atoms with Crippen LogP contribution in [0.1, 0.15) is 5.56 Å². The number of nitro benzene ring substituents is 1. The minimum absolute atomic E-state index is 0.211. The first kappa shape index (κ1) is 14.5. The van der Waals surface area contributed by atoms with Crippen LogP contribution in [0.25, 0.3) is 0 Å². The fourth-order valence-corrected chi connectivity index (χ4v) is 2.32. The number of amidine groups is 1. The van der Waals surface area contributed by atoms with Crippen LogP contribution in [0.2, 0.25) is 0 Å². The summed E-state index contributed by atoms with van der Waals surface area (Å²) >= 11 is 0.933. The van der Waals surface area contributed by atoms with Gasteiger partial charge >= 0.3 is 0 Å². The van der Waals surface area contributed by atoms with Crippen molar-refractivity contribution in [3.63, 3.8) is 0 Å². The number of hydrogen-bond acceptors (Lipinski definition) is 7. The van der Waals surface area contributed by atoms with Gasteiger partial charge in [-0.15, -0.1) is 0 Å². The fourth-order valence-electron chi connectivity index (χ4n) is 1.47. The van der Waals surface area contributed by atoms with Crippen molar-refractivity contribution in [3.05, 3.63) is 56.5 Å². The van der Waals surface area contributed by atoms with Crippen LogP contribution in [0, 0.1) is 10.1 Å². The van der Waals surface area contributed by atoms with Crippen LogP contribution < -0.4 is 11.3 Å². The van der Waals surface area contributed by atoms with E-state index in [4.69, 9.17) is 10.9 Å². The molecule has 0 aliphatic heterocycles. The van der Waals surface area contributed by atoms with Gasteiger partial charge in [0.15, 0.2) is 11.0 Å². The van der Waals surface area contributed by atoms with Crippen LogP contribution in [-0.2, 0) is 0 Å². The number of nitrogens with two attached hydrogens (primary N) is 1. The maximum atomic E-state index is 11.2. The molecule has 0 saturated heterocycles. The third kappa shape index (κ3) is 3.36. The molecule has 21 heavy (non-hydrogen) atoms. The molecule has 108 valence electrons. The molecule has 0 spiro atoms. The van der Waals surface area contributed by atoms with Gasteiger partial charge in [0.25, 0.3) is 11.2 Å². The van der Waals surface area contributed by atoms with Crippen LogP contribution >= 0.6 is 11.8 Å². The summed E-state index contributed by atoms with van der Waals surface area (Å²) < 4.78 is 0. The summed E-state index contributed by atoms with van der Waals surface area (Å²) in [6.07, 6.45) is 1.30. The molecule has 0 saturated carbocycles. The van der Waals surface area contributed by atoms with Gasteiger partial charge < -0.3 is 15.9 Å². The molecule has 0 unspecified atom stereocenters. The van der Waals surface area contributed by atoms with E-state index in [1.807, 2.05) is 0 Å². The molecule has 0 aliphatic carbocycles. The van der Waals surface area contributed by atoms with E-state index in [0.717, 1.165) is 11.8 Å². The van der Waals surface area contributed by atoms with Crippen molar-refractivity contribution >= 4 is 23.3 Å². The molecule has 0 radical (unpaired) electrons. The van der Waals surface area contributed by atoms with Gasteiger partial charge in [-0.25, -0.2) is 4.98 Å². The molecular weight excluding hydrogens is 298 g/mol. The zero-order valence-corrected chi connectivity index (χ0v) is 11.2. The Labute approximate surface area is 121 Å². The number of hydrogen-bond donors (Lipinski definition) is 3. The second kappa shape index (κ2) is 6.05. The summed E-state index contributed by atoms with van der Waals surface area (Å²) in [5.74, 6) is -0.235. The van der Waals surface area contributed by atoms with E-state index in [9.17, 15) is 14.9 Å². The van der Waals surface area contributed by atoms with Crippen molar-refractivity contribution in [2.45, 2.75) is 10.1 Å². The first-order valence-corrected chi connectivity index (χ1v) is 6.32. The van der Waals surface area contributed by atoms with Crippen molar-refractivity contribution in [1.82, 2.24) is 9.97 Å². The van der Waals surface area contributed by atoms with Crippen LogP contribution in [-0.4, -0.2) is 25.9 Å². The van der Waals surface area contributed by atoms with Gasteiger partial charge in [-0.3, -0.25) is 14.9 Å².